The van der Waals surface area contributed by atoms with Gasteiger partial charge in [-0.3, -0.25) is 9.59 Å². The van der Waals surface area contributed by atoms with Crippen molar-refractivity contribution in [3.8, 4) is 11.3 Å². The Morgan fingerprint density at radius 1 is 0.975 bits per heavy atom. The van der Waals surface area contributed by atoms with Crippen molar-refractivity contribution in [3.05, 3.63) is 75.5 Å². The van der Waals surface area contributed by atoms with Crippen molar-refractivity contribution >= 4 is 57.7 Å². The monoisotopic (exact) mass is 608 g/mol. The lowest BCUT2D eigenvalue weighted by Gasteiger charge is -2.03. The van der Waals surface area contributed by atoms with Gasteiger partial charge in [-0.05, 0) is 37.8 Å². The Labute approximate surface area is 246 Å². The van der Waals surface area contributed by atoms with Gasteiger partial charge in [0.1, 0.15) is 23.5 Å². The average Bonchev–Trinajstić information content (AvgIpc) is 3.91. The molecule has 1 heterocycles. The van der Waals surface area contributed by atoms with Crippen LogP contribution in [0.2, 0.25) is 10.0 Å². The third-order valence-electron chi connectivity index (χ3n) is 5.95. The molecular formula is C28H27Cl3N2O7. The van der Waals surface area contributed by atoms with Crippen LogP contribution in [0.4, 0.5) is 0 Å². The van der Waals surface area contributed by atoms with Crippen molar-refractivity contribution in [2.75, 3.05) is 14.2 Å². The highest BCUT2D eigenvalue weighted by Crippen LogP contribution is 2.44. The summed E-state index contributed by atoms with van der Waals surface area (Å²) in [5.41, 5.74) is 2.07. The summed E-state index contributed by atoms with van der Waals surface area (Å²) in [7, 11) is 2.64. The molecule has 0 spiro atoms. The molecule has 0 aliphatic heterocycles. The molecule has 0 amide bonds. The van der Waals surface area contributed by atoms with E-state index in [1.165, 1.54) is 14.2 Å². The van der Waals surface area contributed by atoms with Crippen molar-refractivity contribution in [3.63, 3.8) is 0 Å². The largest absolute Gasteiger partial charge is 0.469 e. The predicted octanol–water partition coefficient (Wildman–Crippen LogP) is 6.90. The third kappa shape index (κ3) is 8.55. The van der Waals surface area contributed by atoms with E-state index in [4.69, 9.17) is 49.3 Å². The molecule has 1 aromatic heterocycles. The van der Waals surface area contributed by atoms with Crippen molar-refractivity contribution in [2.24, 2.45) is 11.1 Å². The minimum atomic E-state index is -0.432. The van der Waals surface area contributed by atoms with E-state index < -0.39 is 11.9 Å². The first-order valence-electron chi connectivity index (χ1n) is 12.3. The summed E-state index contributed by atoms with van der Waals surface area (Å²) in [6.07, 6.45) is 3.90. The second-order valence-corrected chi connectivity index (χ2v) is 10.1. The lowest BCUT2D eigenvalue weighted by atomic mass is 10.0. The second-order valence-electron chi connectivity index (χ2n) is 8.88. The highest BCUT2D eigenvalue weighted by Gasteiger charge is 2.36. The van der Waals surface area contributed by atoms with Gasteiger partial charge in [0, 0.05) is 23.0 Å². The van der Waals surface area contributed by atoms with Gasteiger partial charge in [0.05, 0.1) is 24.3 Å². The Balaban J connectivity index is 0.000000180. The highest BCUT2D eigenvalue weighted by molar-refractivity contribution is 6.70. The number of ketones is 1. The van der Waals surface area contributed by atoms with Crippen molar-refractivity contribution in [1.82, 2.24) is 5.16 Å². The number of hydrogen-bond acceptors (Lipinski definition) is 9. The van der Waals surface area contributed by atoms with Crippen LogP contribution in [0.3, 0.4) is 0 Å². The molecule has 212 valence electrons. The number of benzene rings is 2. The number of oxime groups is 1. The quantitative estimate of drug-likeness (QED) is 0.101. The molecule has 2 aliphatic rings. The average molecular weight is 610 g/mol. The van der Waals surface area contributed by atoms with Crippen LogP contribution in [-0.2, 0) is 19.1 Å². The molecule has 1 N–H and O–H groups in total. The Hall–Kier alpha value is -3.40. The van der Waals surface area contributed by atoms with Gasteiger partial charge in [-0.2, -0.15) is 0 Å². The summed E-state index contributed by atoms with van der Waals surface area (Å²) in [6, 6.07) is 14.1. The van der Waals surface area contributed by atoms with Gasteiger partial charge in [0.2, 0.25) is 0 Å². The van der Waals surface area contributed by atoms with Crippen LogP contribution >= 0.6 is 34.8 Å². The van der Waals surface area contributed by atoms with Crippen molar-refractivity contribution in [2.45, 2.75) is 38.0 Å². The predicted molar refractivity (Wildman–Crippen MR) is 150 cm³/mol. The molecule has 2 aromatic carbocycles. The lowest BCUT2D eigenvalue weighted by Crippen LogP contribution is -2.10. The van der Waals surface area contributed by atoms with E-state index in [0.29, 0.717) is 38.2 Å². The number of Topliss-reactive ketones (excluding diaryl/α,β-unsaturated/α-hetero) is 1. The Bertz CT molecular complexity index is 1380. The van der Waals surface area contributed by atoms with E-state index in [0.717, 1.165) is 25.7 Å². The van der Waals surface area contributed by atoms with Crippen LogP contribution in [0.15, 0.2) is 58.2 Å². The molecule has 5 rings (SSSR count). The fraction of sp³-hybridized carbons (Fsp3) is 0.321. The molecule has 0 unspecified atom stereocenters. The highest BCUT2D eigenvalue weighted by atomic mass is 35.5. The summed E-state index contributed by atoms with van der Waals surface area (Å²) in [5, 5.41) is 16.1. The number of carbonyl (C=O) groups excluding carboxylic acids is 3. The topological polar surface area (TPSA) is 128 Å². The Morgan fingerprint density at radius 3 is 2.12 bits per heavy atom. The fourth-order valence-corrected chi connectivity index (χ4v) is 4.17. The van der Waals surface area contributed by atoms with E-state index in [-0.39, 0.29) is 29.2 Å². The number of ether oxygens (including phenoxy) is 2. The van der Waals surface area contributed by atoms with Gasteiger partial charge in [0.15, 0.2) is 10.9 Å². The van der Waals surface area contributed by atoms with Crippen LogP contribution in [0.1, 0.15) is 59.7 Å². The number of aromatic nitrogens is 1. The maximum atomic E-state index is 12.0. The van der Waals surface area contributed by atoms with Crippen LogP contribution in [-0.4, -0.2) is 47.5 Å². The van der Waals surface area contributed by atoms with Gasteiger partial charge >= 0.3 is 11.9 Å². The summed E-state index contributed by atoms with van der Waals surface area (Å²) < 4.78 is 14.5. The molecule has 12 heteroatoms. The maximum Gasteiger partial charge on any atom is 0.343 e. The first-order chi connectivity index (χ1) is 19.2. The molecule has 2 saturated carbocycles. The van der Waals surface area contributed by atoms with E-state index in [2.05, 4.69) is 15.0 Å². The smallest absolute Gasteiger partial charge is 0.343 e. The van der Waals surface area contributed by atoms with Crippen molar-refractivity contribution in [1.29, 1.82) is 0 Å². The van der Waals surface area contributed by atoms with Gasteiger partial charge in [-0.15, -0.1) is 0 Å². The lowest BCUT2D eigenvalue weighted by molar-refractivity contribution is -0.143. The first-order valence-corrected chi connectivity index (χ1v) is 13.4. The molecule has 0 atom stereocenters. The third-order valence-corrected chi connectivity index (χ3v) is 6.89. The summed E-state index contributed by atoms with van der Waals surface area (Å²) in [5.74, 6) is 0.237. The van der Waals surface area contributed by atoms with Crippen molar-refractivity contribution < 1.29 is 33.6 Å². The minimum absolute atomic E-state index is 0.00407. The number of esters is 2. The molecule has 2 aliphatic carbocycles. The number of halogens is 3. The van der Waals surface area contributed by atoms with E-state index in [1.807, 2.05) is 18.2 Å². The number of carbonyl (C=O) groups is 3. The van der Waals surface area contributed by atoms with E-state index in [1.54, 1.807) is 30.3 Å². The molecule has 9 nitrogen and oxygen atoms in total. The van der Waals surface area contributed by atoms with E-state index >= 15 is 0 Å². The fourth-order valence-electron chi connectivity index (χ4n) is 3.51. The standard InChI is InChI=1S/C14H12ClNO3.C7H5Cl2NO.C7H10O3/c1-18-14(17)11-12(9-4-2-3-5-10(9)15)16-19-13(11)8-6-7-8;8-6-4-2-1-3-5(6)7(9)10-11;1-10-7(9)4-6(8)5-2-3-5/h2-5,8H,6-7H2,1H3;1-4,11H;5H,2-4H2,1H3/b;10-7-;. The second kappa shape index (κ2) is 14.8. The zero-order valence-corrected chi connectivity index (χ0v) is 24.0. The van der Waals surface area contributed by atoms with E-state index in [9.17, 15) is 14.4 Å². The van der Waals surface area contributed by atoms with Crippen LogP contribution in [0, 0.1) is 5.92 Å². The molecular weight excluding hydrogens is 583 g/mol. The van der Waals surface area contributed by atoms with Gasteiger partial charge in [-0.1, -0.05) is 81.5 Å². The molecule has 0 bridgehead atoms. The van der Waals surface area contributed by atoms with Crippen LogP contribution in [0.25, 0.3) is 11.3 Å². The molecule has 40 heavy (non-hydrogen) atoms. The number of rotatable bonds is 7. The normalized spacial score (nSPS) is 14.2. The zero-order chi connectivity index (χ0) is 29.2. The van der Waals surface area contributed by atoms with Gasteiger partial charge in [-0.25, -0.2) is 4.79 Å². The summed E-state index contributed by atoms with van der Waals surface area (Å²) in [6.45, 7) is 0. The number of methoxy groups -OCH3 is 2. The number of nitrogens with zero attached hydrogens (tertiary/aromatic N) is 2. The maximum absolute atomic E-state index is 12.0. The molecule has 0 saturated heterocycles. The summed E-state index contributed by atoms with van der Waals surface area (Å²) >= 11 is 17.4. The minimum Gasteiger partial charge on any atom is -0.469 e. The molecule has 3 aromatic rings. The summed E-state index contributed by atoms with van der Waals surface area (Å²) in [4.78, 5) is 33.4. The Morgan fingerprint density at radius 2 is 1.60 bits per heavy atom. The Kier molecular flexibility index (Phi) is 11.5. The first kappa shape index (κ1) is 31.1. The van der Waals surface area contributed by atoms with Crippen LogP contribution in [0.5, 0.6) is 0 Å². The SMILES string of the molecule is COC(=O)CC(=O)C1CC1.COC(=O)c1c(-c2ccccc2Cl)noc1C1CC1.O/N=C(\Cl)c1ccccc1Cl. The zero-order valence-electron chi connectivity index (χ0n) is 21.7. The van der Waals surface area contributed by atoms with Gasteiger partial charge < -0.3 is 19.2 Å². The molecule has 0 radical (unpaired) electrons. The molecule has 2 fully saturated rings. The van der Waals surface area contributed by atoms with Gasteiger partial charge in [0.25, 0.3) is 0 Å². The number of hydrogen-bond donors (Lipinski definition) is 1. The van der Waals surface area contributed by atoms with Crippen LogP contribution < -0.4 is 0 Å².